The molecule has 0 saturated heterocycles. The highest BCUT2D eigenvalue weighted by Gasteiger charge is 2.29. The minimum atomic E-state index is -4.31. The van der Waals surface area contributed by atoms with Gasteiger partial charge in [-0.3, -0.25) is 0 Å². The van der Waals surface area contributed by atoms with E-state index in [1.807, 2.05) is 12.1 Å². The molecule has 1 atom stereocenters. The molecule has 0 aliphatic heterocycles. The smallest absolute Gasteiger partial charge is 0.416 e. The maximum absolute atomic E-state index is 12.5. The summed E-state index contributed by atoms with van der Waals surface area (Å²) in [5.74, 6) is 1.22. The van der Waals surface area contributed by atoms with Crippen molar-refractivity contribution in [1.29, 1.82) is 0 Å². The van der Waals surface area contributed by atoms with E-state index in [1.54, 1.807) is 20.3 Å². The van der Waals surface area contributed by atoms with Crippen LogP contribution >= 0.6 is 0 Å². The molecule has 3 nitrogen and oxygen atoms in total. The predicted molar refractivity (Wildman–Crippen MR) is 86.2 cm³/mol. The SMILES string of the molecule is COc1ccc(C(N)CCc2ccc(C(F)(F)F)cc2)cc1OC. The fourth-order valence-electron chi connectivity index (χ4n) is 2.43. The van der Waals surface area contributed by atoms with E-state index in [2.05, 4.69) is 0 Å². The van der Waals surface area contributed by atoms with Crippen molar-refractivity contribution >= 4 is 0 Å². The first-order chi connectivity index (χ1) is 11.3. The van der Waals surface area contributed by atoms with Gasteiger partial charge in [0.05, 0.1) is 19.8 Å². The Balaban J connectivity index is 2.01. The Kier molecular flexibility index (Phi) is 5.72. The molecule has 0 aliphatic rings. The Hall–Kier alpha value is -2.21. The van der Waals surface area contributed by atoms with E-state index >= 15 is 0 Å². The molecule has 2 N–H and O–H groups in total. The van der Waals surface area contributed by atoms with Crippen LogP contribution < -0.4 is 15.2 Å². The standard InChI is InChI=1S/C18H20F3NO2/c1-23-16-10-6-13(11-17(16)24-2)15(22)9-5-12-3-7-14(8-4-12)18(19,20)21/h3-4,6-8,10-11,15H,5,9,22H2,1-2H3. The molecule has 2 aromatic carbocycles. The minimum Gasteiger partial charge on any atom is -0.493 e. The van der Waals surface area contributed by atoms with E-state index in [0.717, 1.165) is 23.3 Å². The maximum atomic E-state index is 12.5. The summed E-state index contributed by atoms with van der Waals surface area (Å²) < 4.78 is 48.1. The van der Waals surface area contributed by atoms with E-state index in [9.17, 15) is 13.2 Å². The summed E-state index contributed by atoms with van der Waals surface area (Å²) in [4.78, 5) is 0. The highest BCUT2D eigenvalue weighted by atomic mass is 19.4. The van der Waals surface area contributed by atoms with Gasteiger partial charge in [-0.15, -0.1) is 0 Å². The zero-order valence-electron chi connectivity index (χ0n) is 13.6. The molecule has 0 saturated carbocycles. The summed E-state index contributed by atoms with van der Waals surface area (Å²) in [6.45, 7) is 0. The average molecular weight is 339 g/mol. The average Bonchev–Trinajstić information content (AvgIpc) is 2.58. The molecule has 1 unspecified atom stereocenters. The van der Waals surface area contributed by atoms with E-state index in [0.29, 0.717) is 24.3 Å². The summed E-state index contributed by atoms with van der Waals surface area (Å²) in [5.41, 5.74) is 7.24. The normalized spacial score (nSPS) is 12.8. The van der Waals surface area contributed by atoms with Crippen molar-refractivity contribution in [2.24, 2.45) is 5.73 Å². The van der Waals surface area contributed by atoms with Crippen molar-refractivity contribution in [2.45, 2.75) is 25.1 Å². The maximum Gasteiger partial charge on any atom is 0.416 e. The van der Waals surface area contributed by atoms with Gasteiger partial charge in [-0.1, -0.05) is 18.2 Å². The minimum absolute atomic E-state index is 0.243. The monoisotopic (exact) mass is 339 g/mol. The molecular weight excluding hydrogens is 319 g/mol. The van der Waals surface area contributed by atoms with Crippen LogP contribution in [0.1, 0.15) is 29.2 Å². The van der Waals surface area contributed by atoms with Crippen molar-refractivity contribution in [1.82, 2.24) is 0 Å². The Morgan fingerprint density at radius 1 is 0.958 bits per heavy atom. The van der Waals surface area contributed by atoms with Crippen molar-refractivity contribution in [3.05, 3.63) is 59.2 Å². The first-order valence-electron chi connectivity index (χ1n) is 7.48. The lowest BCUT2D eigenvalue weighted by Gasteiger charge is -2.15. The number of benzene rings is 2. The van der Waals surface area contributed by atoms with Gasteiger partial charge >= 0.3 is 6.18 Å². The molecule has 0 aliphatic carbocycles. The van der Waals surface area contributed by atoms with E-state index in [-0.39, 0.29) is 6.04 Å². The van der Waals surface area contributed by atoms with Crippen LogP contribution in [-0.2, 0) is 12.6 Å². The second-order valence-electron chi connectivity index (χ2n) is 5.45. The first-order valence-corrected chi connectivity index (χ1v) is 7.48. The lowest BCUT2D eigenvalue weighted by Crippen LogP contribution is -2.12. The Labute approximate surface area is 139 Å². The van der Waals surface area contributed by atoms with Gasteiger partial charge < -0.3 is 15.2 Å². The molecule has 24 heavy (non-hydrogen) atoms. The molecular formula is C18H20F3NO2. The van der Waals surface area contributed by atoms with Crippen molar-refractivity contribution in [3.63, 3.8) is 0 Å². The van der Waals surface area contributed by atoms with Crippen LogP contribution in [0.5, 0.6) is 11.5 Å². The third-order valence-corrected chi connectivity index (χ3v) is 3.86. The highest BCUT2D eigenvalue weighted by molar-refractivity contribution is 5.43. The van der Waals surface area contributed by atoms with Crippen LogP contribution in [0, 0.1) is 0 Å². The summed E-state index contributed by atoms with van der Waals surface area (Å²) in [6, 6.07) is 10.4. The van der Waals surface area contributed by atoms with Gasteiger partial charge in [0.25, 0.3) is 0 Å². The molecule has 0 spiro atoms. The topological polar surface area (TPSA) is 44.5 Å². The summed E-state index contributed by atoms with van der Waals surface area (Å²) in [5, 5.41) is 0. The molecule has 0 heterocycles. The van der Waals surface area contributed by atoms with Crippen LogP contribution in [0.25, 0.3) is 0 Å². The fraction of sp³-hybridized carbons (Fsp3) is 0.333. The molecule has 130 valence electrons. The quantitative estimate of drug-likeness (QED) is 0.851. The van der Waals surface area contributed by atoms with Gasteiger partial charge in [0, 0.05) is 6.04 Å². The molecule has 2 aromatic rings. The lowest BCUT2D eigenvalue weighted by atomic mass is 9.99. The number of ether oxygens (including phenoxy) is 2. The van der Waals surface area contributed by atoms with Gasteiger partial charge in [-0.25, -0.2) is 0 Å². The Morgan fingerprint density at radius 2 is 1.58 bits per heavy atom. The van der Waals surface area contributed by atoms with Crippen LogP contribution in [0.4, 0.5) is 13.2 Å². The van der Waals surface area contributed by atoms with Crippen LogP contribution in [0.2, 0.25) is 0 Å². The van der Waals surface area contributed by atoms with Gasteiger partial charge in [-0.05, 0) is 48.2 Å². The van der Waals surface area contributed by atoms with Crippen LogP contribution in [0.15, 0.2) is 42.5 Å². The molecule has 0 amide bonds. The fourth-order valence-corrected chi connectivity index (χ4v) is 2.43. The number of aryl methyl sites for hydroxylation is 1. The zero-order chi connectivity index (χ0) is 17.7. The van der Waals surface area contributed by atoms with Crippen LogP contribution in [0.3, 0.4) is 0 Å². The van der Waals surface area contributed by atoms with Gasteiger partial charge in [0.2, 0.25) is 0 Å². The number of hydrogen-bond donors (Lipinski definition) is 1. The number of methoxy groups -OCH3 is 2. The lowest BCUT2D eigenvalue weighted by molar-refractivity contribution is -0.137. The van der Waals surface area contributed by atoms with Crippen LogP contribution in [-0.4, -0.2) is 14.2 Å². The third kappa shape index (κ3) is 4.41. The van der Waals surface area contributed by atoms with E-state index < -0.39 is 11.7 Å². The highest BCUT2D eigenvalue weighted by Crippen LogP contribution is 2.31. The largest absolute Gasteiger partial charge is 0.493 e. The Bertz CT molecular complexity index is 669. The second kappa shape index (κ2) is 7.57. The van der Waals surface area contributed by atoms with E-state index in [4.69, 9.17) is 15.2 Å². The predicted octanol–water partition coefficient (Wildman–Crippen LogP) is 4.36. The van der Waals surface area contributed by atoms with Gasteiger partial charge in [0.15, 0.2) is 11.5 Å². The molecule has 0 bridgehead atoms. The van der Waals surface area contributed by atoms with Gasteiger partial charge in [0.1, 0.15) is 0 Å². The molecule has 6 heteroatoms. The van der Waals surface area contributed by atoms with Crippen molar-refractivity contribution in [3.8, 4) is 11.5 Å². The first kappa shape index (κ1) is 18.1. The van der Waals surface area contributed by atoms with Gasteiger partial charge in [-0.2, -0.15) is 13.2 Å². The summed E-state index contributed by atoms with van der Waals surface area (Å²) in [7, 11) is 3.11. The Morgan fingerprint density at radius 3 is 2.12 bits per heavy atom. The number of rotatable bonds is 6. The molecule has 0 aromatic heterocycles. The molecule has 0 radical (unpaired) electrons. The summed E-state index contributed by atoms with van der Waals surface area (Å²) in [6.07, 6.45) is -3.11. The molecule has 2 rings (SSSR count). The number of hydrogen-bond acceptors (Lipinski definition) is 3. The summed E-state index contributed by atoms with van der Waals surface area (Å²) >= 11 is 0. The second-order valence-corrected chi connectivity index (χ2v) is 5.45. The molecule has 0 fully saturated rings. The number of nitrogens with two attached hydrogens (primary N) is 1. The zero-order valence-corrected chi connectivity index (χ0v) is 13.6. The van der Waals surface area contributed by atoms with Crippen molar-refractivity contribution in [2.75, 3.05) is 14.2 Å². The third-order valence-electron chi connectivity index (χ3n) is 3.86. The van der Waals surface area contributed by atoms with Crippen molar-refractivity contribution < 1.29 is 22.6 Å². The number of halogens is 3. The number of alkyl halides is 3. The van der Waals surface area contributed by atoms with E-state index in [1.165, 1.54) is 12.1 Å².